The maximum Gasteiger partial charge on any atom is 0.414 e. The van der Waals surface area contributed by atoms with Crippen molar-refractivity contribution in [2.24, 2.45) is 0 Å². The molecule has 2 aromatic carbocycles. The molecule has 0 amide bonds. The number of ether oxygens (including phenoxy) is 3. The normalized spacial score (nSPS) is 12.9. The van der Waals surface area contributed by atoms with E-state index in [1.807, 2.05) is 12.1 Å². The predicted molar refractivity (Wildman–Crippen MR) is 124 cm³/mol. The zero-order chi connectivity index (χ0) is 24.2. The molecule has 1 fully saturated rings. The molecule has 1 aliphatic heterocycles. The molecule has 2 aromatic rings. The molecule has 1 heterocycles. The highest BCUT2D eigenvalue weighted by Crippen LogP contribution is 2.34. The van der Waals surface area contributed by atoms with Crippen LogP contribution in [0.25, 0.3) is 0 Å². The molecule has 0 spiro atoms. The van der Waals surface area contributed by atoms with Crippen molar-refractivity contribution >= 4 is 17.6 Å². The van der Waals surface area contributed by atoms with E-state index in [1.165, 1.54) is 43.6 Å². The zero-order valence-corrected chi connectivity index (χ0v) is 19.3. The minimum Gasteiger partial charge on any atom is -0.496 e. The lowest BCUT2D eigenvalue weighted by Crippen LogP contribution is -2.29. The molecule has 0 aliphatic carbocycles. The van der Waals surface area contributed by atoms with Gasteiger partial charge in [-0.15, -0.1) is 0 Å². The molecule has 9 nitrogen and oxygen atoms in total. The molecule has 3 rings (SSSR count). The van der Waals surface area contributed by atoms with Gasteiger partial charge in [-0.05, 0) is 43.0 Å². The molecule has 9 heteroatoms. The van der Waals surface area contributed by atoms with E-state index in [1.54, 1.807) is 21.3 Å². The Balaban J connectivity index is 0.000000569. The van der Waals surface area contributed by atoms with Crippen molar-refractivity contribution in [3.63, 3.8) is 0 Å². The van der Waals surface area contributed by atoms with Crippen LogP contribution in [-0.4, -0.2) is 56.6 Å². The summed E-state index contributed by atoms with van der Waals surface area (Å²) < 4.78 is 16.2. The number of carboxylic acids is 2. The number of methoxy groups -OCH3 is 3. The molecule has 0 aromatic heterocycles. The van der Waals surface area contributed by atoms with Crippen LogP contribution >= 0.6 is 0 Å². The number of piperidine rings is 1. The number of nitrogens with zero attached hydrogens (tertiary/aromatic N) is 1. The first-order valence-corrected chi connectivity index (χ1v) is 10.7. The second-order valence-corrected chi connectivity index (χ2v) is 7.45. The summed E-state index contributed by atoms with van der Waals surface area (Å²) in [6.07, 6.45) is 3.96. The Bertz CT molecular complexity index is 898. The summed E-state index contributed by atoms with van der Waals surface area (Å²) in [6, 6.07) is 12.7. The maximum atomic E-state index is 9.10. The van der Waals surface area contributed by atoms with Crippen LogP contribution in [0.3, 0.4) is 0 Å². The van der Waals surface area contributed by atoms with Gasteiger partial charge in [0.05, 0.1) is 21.3 Å². The molecule has 1 saturated heterocycles. The minimum absolute atomic E-state index is 0.673. The lowest BCUT2D eigenvalue weighted by Gasteiger charge is -2.28. The van der Waals surface area contributed by atoms with E-state index in [9.17, 15) is 0 Å². The van der Waals surface area contributed by atoms with Gasteiger partial charge in [0.2, 0.25) is 0 Å². The van der Waals surface area contributed by atoms with Gasteiger partial charge in [0.15, 0.2) is 11.5 Å². The summed E-state index contributed by atoms with van der Waals surface area (Å²) in [6.45, 7) is 3.85. The summed E-state index contributed by atoms with van der Waals surface area (Å²) in [5, 5.41) is 18.3. The van der Waals surface area contributed by atoms with Crippen LogP contribution in [0.2, 0.25) is 0 Å². The van der Waals surface area contributed by atoms with Gasteiger partial charge < -0.3 is 34.6 Å². The maximum absolute atomic E-state index is 9.10. The number of anilines is 1. The molecule has 33 heavy (non-hydrogen) atoms. The average Bonchev–Trinajstić information content (AvgIpc) is 2.85. The van der Waals surface area contributed by atoms with Crippen molar-refractivity contribution in [1.82, 2.24) is 5.32 Å². The Labute approximate surface area is 193 Å². The fraction of sp³-hybridized carbons (Fsp3) is 0.417. The molecular weight excluding hydrogens is 428 g/mol. The van der Waals surface area contributed by atoms with Gasteiger partial charge >= 0.3 is 11.9 Å². The second-order valence-electron chi connectivity index (χ2n) is 7.45. The van der Waals surface area contributed by atoms with Crippen LogP contribution in [0.5, 0.6) is 17.2 Å². The van der Waals surface area contributed by atoms with E-state index >= 15 is 0 Å². The highest BCUT2D eigenvalue weighted by molar-refractivity contribution is 6.27. The smallest absolute Gasteiger partial charge is 0.414 e. The van der Waals surface area contributed by atoms with Crippen molar-refractivity contribution in [3.8, 4) is 17.2 Å². The summed E-state index contributed by atoms with van der Waals surface area (Å²) >= 11 is 0. The van der Waals surface area contributed by atoms with E-state index in [-0.39, 0.29) is 0 Å². The number of hydrogen-bond donors (Lipinski definition) is 3. The molecule has 1 aliphatic rings. The molecule has 0 saturated carbocycles. The van der Waals surface area contributed by atoms with E-state index in [4.69, 9.17) is 34.0 Å². The topological polar surface area (TPSA) is 118 Å². The van der Waals surface area contributed by atoms with Crippen LogP contribution in [-0.2, 0) is 22.7 Å². The van der Waals surface area contributed by atoms with Crippen molar-refractivity contribution in [1.29, 1.82) is 0 Å². The first kappa shape index (κ1) is 25.8. The van der Waals surface area contributed by atoms with E-state index in [0.29, 0.717) is 18.0 Å². The number of aliphatic carboxylic acids is 2. The van der Waals surface area contributed by atoms with E-state index in [0.717, 1.165) is 17.9 Å². The molecule has 3 N–H and O–H groups in total. The van der Waals surface area contributed by atoms with Gasteiger partial charge in [-0.2, -0.15) is 0 Å². The summed E-state index contributed by atoms with van der Waals surface area (Å²) in [7, 11) is 4.94. The van der Waals surface area contributed by atoms with Gasteiger partial charge in [0, 0.05) is 43.5 Å². The third kappa shape index (κ3) is 7.87. The van der Waals surface area contributed by atoms with Crippen LogP contribution < -0.4 is 24.4 Å². The molecule has 0 atom stereocenters. The first-order valence-electron chi connectivity index (χ1n) is 10.7. The van der Waals surface area contributed by atoms with Gasteiger partial charge in [0.25, 0.3) is 0 Å². The zero-order valence-electron chi connectivity index (χ0n) is 19.3. The summed E-state index contributed by atoms with van der Waals surface area (Å²) in [5.41, 5.74) is 3.65. The SMILES string of the molecule is COc1cc(OC)c(OC)cc1CNCc1ccc(N2CCCCC2)cc1.O=C(O)C(=O)O. The third-order valence-corrected chi connectivity index (χ3v) is 5.27. The second kappa shape index (κ2) is 13.2. The van der Waals surface area contributed by atoms with Gasteiger partial charge in [-0.25, -0.2) is 9.59 Å². The largest absolute Gasteiger partial charge is 0.496 e. The molecule has 180 valence electrons. The predicted octanol–water partition coefficient (Wildman–Crippen LogP) is 3.15. The van der Waals surface area contributed by atoms with Gasteiger partial charge in [-0.1, -0.05) is 12.1 Å². The van der Waals surface area contributed by atoms with Crippen molar-refractivity contribution in [3.05, 3.63) is 47.5 Å². The Morgan fingerprint density at radius 3 is 1.88 bits per heavy atom. The number of carboxylic acid groups (broad SMARTS) is 2. The quantitative estimate of drug-likeness (QED) is 0.511. The van der Waals surface area contributed by atoms with Gasteiger partial charge in [0.1, 0.15) is 5.75 Å². The van der Waals surface area contributed by atoms with Crippen molar-refractivity contribution in [2.75, 3.05) is 39.3 Å². The Morgan fingerprint density at radius 2 is 1.36 bits per heavy atom. The number of nitrogens with one attached hydrogen (secondary N) is 1. The fourth-order valence-electron chi connectivity index (χ4n) is 3.55. The standard InChI is InChI=1S/C22H30N2O3.C2H2O4/c1-25-20-14-22(27-3)21(26-2)13-18(20)16-23-15-17-7-9-19(10-8-17)24-11-5-4-6-12-24;3-1(4)2(5)6/h7-10,13-14,23H,4-6,11-12,15-16H2,1-3H3;(H,3,4)(H,5,6). The highest BCUT2D eigenvalue weighted by atomic mass is 16.5. The number of hydrogen-bond acceptors (Lipinski definition) is 7. The molecular formula is C24H32N2O7. The monoisotopic (exact) mass is 460 g/mol. The Kier molecular flexibility index (Phi) is 10.3. The molecule has 0 unspecified atom stereocenters. The van der Waals surface area contributed by atoms with E-state index < -0.39 is 11.9 Å². The van der Waals surface area contributed by atoms with Crippen molar-refractivity contribution in [2.45, 2.75) is 32.4 Å². The number of rotatable bonds is 8. The molecule has 0 bridgehead atoms. The average molecular weight is 461 g/mol. The number of carbonyl (C=O) groups is 2. The lowest BCUT2D eigenvalue weighted by molar-refractivity contribution is -0.159. The first-order chi connectivity index (χ1) is 15.9. The summed E-state index contributed by atoms with van der Waals surface area (Å²) in [5.74, 6) is -1.47. The van der Waals surface area contributed by atoms with Crippen LogP contribution in [0, 0.1) is 0 Å². The minimum atomic E-state index is -1.82. The highest BCUT2D eigenvalue weighted by Gasteiger charge is 2.12. The Hall–Kier alpha value is -3.46. The lowest BCUT2D eigenvalue weighted by atomic mass is 10.1. The summed E-state index contributed by atoms with van der Waals surface area (Å²) in [4.78, 5) is 20.7. The van der Waals surface area contributed by atoms with Crippen LogP contribution in [0.1, 0.15) is 30.4 Å². The van der Waals surface area contributed by atoms with Crippen molar-refractivity contribution < 1.29 is 34.0 Å². The van der Waals surface area contributed by atoms with Crippen LogP contribution in [0.15, 0.2) is 36.4 Å². The van der Waals surface area contributed by atoms with E-state index in [2.05, 4.69) is 34.5 Å². The fourth-order valence-corrected chi connectivity index (χ4v) is 3.55. The third-order valence-electron chi connectivity index (χ3n) is 5.27. The Morgan fingerprint density at radius 1 is 0.818 bits per heavy atom. The van der Waals surface area contributed by atoms with Crippen LogP contribution in [0.4, 0.5) is 5.69 Å². The number of benzene rings is 2. The molecule has 0 radical (unpaired) electrons. The van der Waals surface area contributed by atoms with Gasteiger partial charge in [-0.3, -0.25) is 0 Å².